The van der Waals surface area contributed by atoms with E-state index in [1.54, 1.807) is 6.92 Å². The molecule has 0 aliphatic carbocycles. The van der Waals surface area contributed by atoms with Gasteiger partial charge in [0.25, 0.3) is 5.56 Å². The molecule has 0 unspecified atom stereocenters. The maximum absolute atomic E-state index is 12.1. The Morgan fingerprint density at radius 3 is 2.94 bits per heavy atom. The fourth-order valence-electron chi connectivity index (χ4n) is 1.45. The van der Waals surface area contributed by atoms with E-state index < -0.39 is 0 Å². The summed E-state index contributed by atoms with van der Waals surface area (Å²) in [5.41, 5.74) is -0.177. The molecule has 0 amide bonds. The molecule has 0 aromatic carbocycles. The highest BCUT2D eigenvalue weighted by Gasteiger charge is 2.15. The number of Topliss-reactive ketones (excluding diaryl/α,β-unsaturated/α-hetero) is 1. The third-order valence-corrected chi connectivity index (χ3v) is 5.00. The SMILES string of the molecule is Cc1ncc(I)c(=O)n1CC(=O)c1sccc1Br. The van der Waals surface area contributed by atoms with E-state index in [1.165, 1.54) is 22.1 Å². The maximum atomic E-state index is 12.1. The van der Waals surface area contributed by atoms with Crippen molar-refractivity contribution in [1.29, 1.82) is 0 Å². The molecule has 0 bridgehead atoms. The molecule has 0 aliphatic heterocycles. The Balaban J connectivity index is 2.36. The summed E-state index contributed by atoms with van der Waals surface area (Å²) in [6.07, 6.45) is 1.51. The number of rotatable bonds is 3. The molecule has 2 heterocycles. The predicted octanol–water partition coefficient (Wildman–Crippen LogP) is 2.86. The van der Waals surface area contributed by atoms with E-state index in [0.717, 1.165) is 4.47 Å². The Labute approximate surface area is 129 Å². The molecule has 0 saturated carbocycles. The highest BCUT2D eigenvalue weighted by Crippen LogP contribution is 2.23. The van der Waals surface area contributed by atoms with E-state index in [1.807, 2.05) is 34.0 Å². The minimum atomic E-state index is -0.177. The lowest BCUT2D eigenvalue weighted by atomic mass is 10.3. The molecule has 2 aromatic rings. The zero-order valence-electron chi connectivity index (χ0n) is 9.31. The quantitative estimate of drug-likeness (QED) is 0.547. The molecule has 94 valence electrons. The van der Waals surface area contributed by atoms with E-state index in [0.29, 0.717) is 14.3 Å². The number of carbonyl (C=O) groups is 1. The van der Waals surface area contributed by atoms with Gasteiger partial charge in [0.1, 0.15) is 5.82 Å². The number of ketones is 1. The first-order chi connectivity index (χ1) is 8.50. The van der Waals surface area contributed by atoms with Gasteiger partial charge in [0.15, 0.2) is 5.78 Å². The van der Waals surface area contributed by atoms with Gasteiger partial charge in [-0.25, -0.2) is 4.98 Å². The van der Waals surface area contributed by atoms with Gasteiger partial charge in [0, 0.05) is 10.7 Å². The summed E-state index contributed by atoms with van der Waals surface area (Å²) in [7, 11) is 0. The van der Waals surface area contributed by atoms with Gasteiger partial charge in [-0.2, -0.15) is 0 Å². The number of thiophene rings is 1. The summed E-state index contributed by atoms with van der Waals surface area (Å²) in [5.74, 6) is 0.451. The van der Waals surface area contributed by atoms with Crippen LogP contribution in [-0.2, 0) is 6.54 Å². The van der Waals surface area contributed by atoms with Gasteiger partial charge in [0.2, 0.25) is 0 Å². The van der Waals surface area contributed by atoms with Gasteiger partial charge in [-0.1, -0.05) is 0 Å². The van der Waals surface area contributed by atoms with Crippen molar-refractivity contribution in [3.8, 4) is 0 Å². The summed E-state index contributed by atoms with van der Waals surface area (Å²) in [5, 5.41) is 1.83. The van der Waals surface area contributed by atoms with Crippen LogP contribution in [0.4, 0.5) is 0 Å². The smallest absolute Gasteiger partial charge is 0.267 e. The van der Waals surface area contributed by atoms with Crippen molar-refractivity contribution < 1.29 is 4.79 Å². The molecule has 2 aromatic heterocycles. The number of aryl methyl sites for hydroxylation is 1. The summed E-state index contributed by atoms with van der Waals surface area (Å²) in [6.45, 7) is 1.74. The third-order valence-electron chi connectivity index (χ3n) is 2.38. The molecular weight excluding hydrogens is 431 g/mol. The van der Waals surface area contributed by atoms with Crippen molar-refractivity contribution in [3.05, 3.63) is 46.7 Å². The van der Waals surface area contributed by atoms with E-state index in [4.69, 9.17) is 0 Å². The van der Waals surface area contributed by atoms with E-state index in [2.05, 4.69) is 20.9 Å². The highest BCUT2D eigenvalue weighted by molar-refractivity contribution is 14.1. The summed E-state index contributed by atoms with van der Waals surface area (Å²) in [6, 6.07) is 1.82. The Kier molecular flexibility index (Phi) is 4.33. The van der Waals surface area contributed by atoms with E-state index in [-0.39, 0.29) is 17.9 Å². The Hall–Kier alpha value is -0.540. The summed E-state index contributed by atoms with van der Waals surface area (Å²) in [4.78, 5) is 28.8. The molecule has 0 radical (unpaired) electrons. The highest BCUT2D eigenvalue weighted by atomic mass is 127. The first-order valence-corrected chi connectivity index (χ1v) is 7.74. The van der Waals surface area contributed by atoms with Crippen LogP contribution in [0.3, 0.4) is 0 Å². The van der Waals surface area contributed by atoms with Crippen molar-refractivity contribution in [2.24, 2.45) is 0 Å². The average molecular weight is 439 g/mol. The maximum Gasteiger partial charge on any atom is 0.267 e. The van der Waals surface area contributed by atoms with Crippen molar-refractivity contribution in [2.75, 3.05) is 0 Å². The van der Waals surface area contributed by atoms with Crippen LogP contribution in [0, 0.1) is 10.5 Å². The van der Waals surface area contributed by atoms with Crippen LogP contribution in [0.1, 0.15) is 15.5 Å². The minimum absolute atomic E-state index is 0.0214. The van der Waals surface area contributed by atoms with Gasteiger partial charge < -0.3 is 0 Å². The van der Waals surface area contributed by atoms with Crippen LogP contribution in [-0.4, -0.2) is 15.3 Å². The standard InChI is InChI=1S/C11H8BrIN2O2S/c1-6-14-4-8(13)11(17)15(6)5-9(16)10-7(12)2-3-18-10/h2-4H,5H2,1H3. The van der Waals surface area contributed by atoms with Crippen LogP contribution in [0.25, 0.3) is 0 Å². The van der Waals surface area contributed by atoms with Gasteiger partial charge >= 0.3 is 0 Å². The molecule has 7 heteroatoms. The van der Waals surface area contributed by atoms with Gasteiger partial charge in [0.05, 0.1) is 15.0 Å². The van der Waals surface area contributed by atoms with Gasteiger partial charge in [-0.05, 0) is 56.9 Å². The molecule has 4 nitrogen and oxygen atoms in total. The molecule has 0 saturated heterocycles. The summed E-state index contributed by atoms with van der Waals surface area (Å²) < 4.78 is 2.68. The van der Waals surface area contributed by atoms with Crippen LogP contribution < -0.4 is 5.56 Å². The molecule has 0 atom stereocenters. The molecule has 0 fully saturated rings. The summed E-state index contributed by atoms with van der Waals surface area (Å²) >= 11 is 6.60. The van der Waals surface area contributed by atoms with Crippen molar-refractivity contribution >= 4 is 55.6 Å². The Bertz CT molecular complexity index is 665. The molecule has 0 spiro atoms. The zero-order valence-corrected chi connectivity index (χ0v) is 13.9. The molecule has 18 heavy (non-hydrogen) atoms. The van der Waals surface area contributed by atoms with Crippen molar-refractivity contribution in [3.63, 3.8) is 0 Å². The molecule has 0 aliphatic rings. The number of hydrogen-bond acceptors (Lipinski definition) is 4. The largest absolute Gasteiger partial charge is 0.291 e. The van der Waals surface area contributed by atoms with Crippen LogP contribution in [0.15, 0.2) is 26.9 Å². The second kappa shape index (κ2) is 5.62. The Morgan fingerprint density at radius 2 is 2.33 bits per heavy atom. The minimum Gasteiger partial charge on any atom is -0.291 e. The third kappa shape index (κ3) is 2.72. The van der Waals surface area contributed by atoms with E-state index in [9.17, 15) is 9.59 Å². The first-order valence-electron chi connectivity index (χ1n) is 4.99. The number of halogens is 2. The van der Waals surface area contributed by atoms with E-state index >= 15 is 0 Å². The molecule has 2 rings (SSSR count). The lowest BCUT2D eigenvalue weighted by molar-refractivity contribution is 0.0972. The van der Waals surface area contributed by atoms with Gasteiger partial charge in [-0.15, -0.1) is 11.3 Å². The van der Waals surface area contributed by atoms with Crippen LogP contribution >= 0.6 is 49.9 Å². The predicted molar refractivity (Wildman–Crippen MR) is 82.3 cm³/mol. The topological polar surface area (TPSA) is 52.0 Å². The second-order valence-electron chi connectivity index (χ2n) is 3.57. The lowest BCUT2D eigenvalue weighted by Gasteiger charge is -2.08. The Morgan fingerprint density at radius 1 is 1.61 bits per heavy atom. The average Bonchev–Trinajstić information content (AvgIpc) is 2.76. The van der Waals surface area contributed by atoms with Crippen LogP contribution in [0.5, 0.6) is 0 Å². The fraction of sp³-hybridized carbons (Fsp3) is 0.182. The molecular formula is C11H8BrIN2O2S. The normalized spacial score (nSPS) is 10.6. The number of nitrogens with zero attached hydrogens (tertiary/aromatic N) is 2. The number of aromatic nitrogens is 2. The fourth-order valence-corrected chi connectivity index (χ4v) is 3.40. The second-order valence-corrected chi connectivity index (χ2v) is 6.50. The lowest BCUT2D eigenvalue weighted by Crippen LogP contribution is -2.28. The van der Waals surface area contributed by atoms with Crippen molar-refractivity contribution in [2.45, 2.75) is 13.5 Å². The zero-order chi connectivity index (χ0) is 13.3. The van der Waals surface area contributed by atoms with Gasteiger partial charge in [-0.3, -0.25) is 14.2 Å². The number of carbonyl (C=O) groups excluding carboxylic acids is 1. The van der Waals surface area contributed by atoms with Crippen molar-refractivity contribution in [1.82, 2.24) is 9.55 Å². The monoisotopic (exact) mass is 438 g/mol. The molecule has 0 N–H and O–H groups in total. The van der Waals surface area contributed by atoms with Crippen LogP contribution in [0.2, 0.25) is 0 Å². The first kappa shape index (κ1) is 13.9. The number of hydrogen-bond donors (Lipinski definition) is 0.